The molecule has 0 radical (unpaired) electrons. The quantitative estimate of drug-likeness (QED) is 0.585. The van der Waals surface area contributed by atoms with Gasteiger partial charge < -0.3 is 10.1 Å². The molecular formula is C22H21ClN2O4. The zero-order valence-electron chi connectivity index (χ0n) is 16.6. The van der Waals surface area contributed by atoms with Crippen molar-refractivity contribution in [3.63, 3.8) is 0 Å². The number of benzene rings is 2. The monoisotopic (exact) mass is 412 g/mol. The van der Waals surface area contributed by atoms with E-state index in [1.807, 2.05) is 32.0 Å². The highest BCUT2D eigenvalue weighted by atomic mass is 35.5. The summed E-state index contributed by atoms with van der Waals surface area (Å²) in [7, 11) is 0. The molecule has 2 amide bonds. The summed E-state index contributed by atoms with van der Waals surface area (Å²) in [6.07, 6.45) is -0.244. The first-order valence-electron chi connectivity index (χ1n) is 9.13. The lowest BCUT2D eigenvalue weighted by atomic mass is 10.1. The highest BCUT2D eigenvalue weighted by Crippen LogP contribution is 2.30. The summed E-state index contributed by atoms with van der Waals surface area (Å²) in [5, 5.41) is 2.77. The number of imide groups is 1. The lowest BCUT2D eigenvalue weighted by Gasteiger charge is -2.16. The molecule has 2 aromatic carbocycles. The van der Waals surface area contributed by atoms with Crippen LogP contribution in [-0.2, 0) is 14.3 Å². The molecule has 0 unspecified atom stereocenters. The normalized spacial score (nSPS) is 14.1. The molecule has 0 saturated heterocycles. The van der Waals surface area contributed by atoms with Gasteiger partial charge in [-0.15, -0.1) is 0 Å². The van der Waals surface area contributed by atoms with Gasteiger partial charge in [-0.3, -0.25) is 9.59 Å². The number of rotatable bonds is 5. The fourth-order valence-electron chi connectivity index (χ4n) is 2.84. The van der Waals surface area contributed by atoms with Crippen LogP contribution in [0, 0.1) is 13.8 Å². The Hall–Kier alpha value is -3.12. The minimum absolute atomic E-state index is 0.0169. The number of amides is 2. The zero-order valence-corrected chi connectivity index (χ0v) is 17.3. The van der Waals surface area contributed by atoms with E-state index in [9.17, 15) is 14.4 Å². The van der Waals surface area contributed by atoms with Gasteiger partial charge in [0.25, 0.3) is 11.8 Å². The van der Waals surface area contributed by atoms with Gasteiger partial charge in [-0.05, 0) is 75.2 Å². The van der Waals surface area contributed by atoms with Crippen molar-refractivity contribution in [2.45, 2.75) is 33.8 Å². The maximum Gasteiger partial charge on any atom is 0.338 e. The van der Waals surface area contributed by atoms with Crippen LogP contribution in [0.3, 0.4) is 0 Å². The van der Waals surface area contributed by atoms with Gasteiger partial charge in [0.2, 0.25) is 0 Å². The molecule has 0 aromatic heterocycles. The van der Waals surface area contributed by atoms with E-state index in [1.54, 1.807) is 13.8 Å². The molecule has 7 heteroatoms. The summed E-state index contributed by atoms with van der Waals surface area (Å²) < 4.78 is 5.14. The number of hydrogen-bond donors (Lipinski definition) is 1. The third kappa shape index (κ3) is 4.17. The maximum atomic E-state index is 12.9. The molecule has 2 aromatic rings. The van der Waals surface area contributed by atoms with E-state index in [2.05, 4.69) is 5.32 Å². The maximum absolute atomic E-state index is 12.9. The Bertz CT molecular complexity index is 1030. The van der Waals surface area contributed by atoms with Gasteiger partial charge in [0.15, 0.2) is 0 Å². The lowest BCUT2D eigenvalue weighted by molar-refractivity contribution is -0.120. The molecule has 0 atom stereocenters. The van der Waals surface area contributed by atoms with Gasteiger partial charge >= 0.3 is 5.97 Å². The van der Waals surface area contributed by atoms with E-state index in [1.165, 1.54) is 24.3 Å². The van der Waals surface area contributed by atoms with Crippen molar-refractivity contribution in [2.75, 3.05) is 10.2 Å². The minimum atomic E-state index is -0.625. The second kappa shape index (κ2) is 8.09. The molecule has 0 saturated carbocycles. The van der Waals surface area contributed by atoms with E-state index in [0.717, 1.165) is 16.0 Å². The molecule has 1 heterocycles. The van der Waals surface area contributed by atoms with Crippen molar-refractivity contribution in [2.24, 2.45) is 0 Å². The predicted molar refractivity (Wildman–Crippen MR) is 112 cm³/mol. The number of carbonyl (C=O) groups excluding carboxylic acids is 3. The molecule has 6 nitrogen and oxygen atoms in total. The number of nitrogens with zero attached hydrogens (tertiary/aromatic N) is 1. The summed E-state index contributed by atoms with van der Waals surface area (Å²) in [6.45, 7) is 7.45. The van der Waals surface area contributed by atoms with Gasteiger partial charge in [-0.25, -0.2) is 9.69 Å². The molecule has 3 rings (SSSR count). The van der Waals surface area contributed by atoms with Gasteiger partial charge in [0.1, 0.15) is 10.7 Å². The number of anilines is 2. The van der Waals surface area contributed by atoms with Crippen LogP contribution in [0.15, 0.2) is 53.2 Å². The van der Waals surface area contributed by atoms with Crippen molar-refractivity contribution in [3.8, 4) is 0 Å². The van der Waals surface area contributed by atoms with Crippen LogP contribution >= 0.6 is 11.6 Å². The predicted octanol–water partition coefficient (Wildman–Crippen LogP) is 4.30. The molecule has 29 heavy (non-hydrogen) atoms. The van der Waals surface area contributed by atoms with Gasteiger partial charge in [-0.1, -0.05) is 17.7 Å². The average Bonchev–Trinajstić information content (AvgIpc) is 2.87. The number of ether oxygens (including phenoxy) is 1. The largest absolute Gasteiger partial charge is 0.459 e. The van der Waals surface area contributed by atoms with Crippen LogP contribution in [0.2, 0.25) is 0 Å². The van der Waals surface area contributed by atoms with Crippen LogP contribution in [-0.4, -0.2) is 23.9 Å². The van der Waals surface area contributed by atoms with Crippen molar-refractivity contribution in [1.82, 2.24) is 0 Å². The van der Waals surface area contributed by atoms with Crippen LogP contribution < -0.4 is 10.2 Å². The standard InChI is InChI=1S/C22H21ClN2O4/c1-12(2)29-22(28)15-6-9-17(10-7-15)25-20(26)18(23)19(21(25)27)24-16-8-5-13(3)14(4)11-16/h5-12,24H,1-4H3. The fraction of sp³-hybridized carbons (Fsp3) is 0.227. The Kier molecular flexibility index (Phi) is 5.75. The summed E-state index contributed by atoms with van der Waals surface area (Å²) >= 11 is 6.16. The second-order valence-corrected chi connectivity index (χ2v) is 7.44. The average molecular weight is 413 g/mol. The number of aryl methyl sites for hydroxylation is 2. The van der Waals surface area contributed by atoms with Gasteiger partial charge in [0, 0.05) is 5.69 Å². The van der Waals surface area contributed by atoms with Crippen LogP contribution in [0.4, 0.5) is 11.4 Å². The fourth-order valence-corrected chi connectivity index (χ4v) is 3.05. The van der Waals surface area contributed by atoms with E-state index in [0.29, 0.717) is 16.9 Å². The third-order valence-corrected chi connectivity index (χ3v) is 4.86. The summed E-state index contributed by atoms with van der Waals surface area (Å²) in [6, 6.07) is 11.6. The molecule has 150 valence electrons. The second-order valence-electron chi connectivity index (χ2n) is 7.06. The molecule has 1 N–H and O–H groups in total. The number of carbonyl (C=O) groups is 3. The highest BCUT2D eigenvalue weighted by Gasteiger charge is 2.39. The minimum Gasteiger partial charge on any atom is -0.459 e. The molecule has 0 fully saturated rings. The van der Waals surface area contributed by atoms with Crippen LogP contribution in [0.5, 0.6) is 0 Å². The molecule has 1 aliphatic rings. The number of nitrogens with one attached hydrogen (secondary N) is 1. The van der Waals surface area contributed by atoms with E-state index in [-0.39, 0.29) is 16.8 Å². The van der Waals surface area contributed by atoms with E-state index >= 15 is 0 Å². The van der Waals surface area contributed by atoms with Crippen molar-refractivity contribution in [3.05, 3.63) is 69.9 Å². The van der Waals surface area contributed by atoms with Crippen LogP contribution in [0.1, 0.15) is 35.3 Å². The number of esters is 1. The first kappa shape index (κ1) is 20.6. The van der Waals surface area contributed by atoms with Crippen LogP contribution in [0.25, 0.3) is 0 Å². The number of hydrogen-bond acceptors (Lipinski definition) is 5. The molecule has 0 aliphatic carbocycles. The van der Waals surface area contributed by atoms with E-state index in [4.69, 9.17) is 16.3 Å². The first-order valence-corrected chi connectivity index (χ1v) is 9.50. The SMILES string of the molecule is Cc1ccc(NC2=C(Cl)C(=O)N(c3ccc(C(=O)OC(C)C)cc3)C2=O)cc1C. The molecular weight excluding hydrogens is 392 g/mol. The lowest BCUT2D eigenvalue weighted by Crippen LogP contribution is -2.32. The summed E-state index contributed by atoms with van der Waals surface area (Å²) in [5.74, 6) is -1.66. The Morgan fingerprint density at radius 3 is 2.24 bits per heavy atom. The Balaban J connectivity index is 1.82. The Morgan fingerprint density at radius 1 is 1.00 bits per heavy atom. The smallest absolute Gasteiger partial charge is 0.338 e. The molecule has 1 aliphatic heterocycles. The third-order valence-electron chi connectivity index (χ3n) is 4.51. The Labute approximate surface area is 174 Å². The van der Waals surface area contributed by atoms with E-state index < -0.39 is 17.8 Å². The van der Waals surface area contributed by atoms with Gasteiger partial charge in [0.05, 0.1) is 17.4 Å². The molecule has 0 spiro atoms. The van der Waals surface area contributed by atoms with Crippen molar-refractivity contribution >= 4 is 40.8 Å². The molecule has 0 bridgehead atoms. The summed E-state index contributed by atoms with van der Waals surface area (Å²) in [4.78, 5) is 38.4. The van der Waals surface area contributed by atoms with Crippen molar-refractivity contribution < 1.29 is 19.1 Å². The van der Waals surface area contributed by atoms with Crippen molar-refractivity contribution in [1.29, 1.82) is 0 Å². The summed E-state index contributed by atoms with van der Waals surface area (Å²) in [5.41, 5.74) is 3.48. The Morgan fingerprint density at radius 2 is 1.66 bits per heavy atom. The highest BCUT2D eigenvalue weighted by molar-refractivity contribution is 6.53. The van der Waals surface area contributed by atoms with Gasteiger partial charge in [-0.2, -0.15) is 0 Å². The topological polar surface area (TPSA) is 75.7 Å². The number of halogens is 1. The first-order chi connectivity index (χ1) is 13.7. The zero-order chi connectivity index (χ0) is 21.3.